The predicted octanol–water partition coefficient (Wildman–Crippen LogP) is 3.39. The maximum absolute atomic E-state index is 12.3. The Hall–Kier alpha value is -2.07. The minimum atomic E-state index is -3.48. The van der Waals surface area contributed by atoms with E-state index < -0.39 is 9.84 Å². The molecule has 0 spiro atoms. The highest BCUT2D eigenvalue weighted by molar-refractivity contribution is 7.95. The molecule has 0 aromatic heterocycles. The minimum Gasteiger partial charge on any atom is -0.380 e. The third-order valence-electron chi connectivity index (χ3n) is 2.94. The van der Waals surface area contributed by atoms with E-state index in [0.717, 1.165) is 11.3 Å². The number of benzene rings is 2. The summed E-state index contributed by atoms with van der Waals surface area (Å²) < 4.78 is 24.6. The average molecular weight is 287 g/mol. The van der Waals surface area contributed by atoms with Gasteiger partial charge in [0.05, 0.1) is 16.3 Å². The lowest BCUT2D eigenvalue weighted by Crippen LogP contribution is -2.13. The number of hydrogen-bond donors (Lipinski definition) is 1. The van der Waals surface area contributed by atoms with E-state index in [-0.39, 0.29) is 16.3 Å². The SMILES string of the molecule is C=C(CNc1cccc(C)c1)S(=O)(=O)c1ccccc1. The van der Waals surface area contributed by atoms with E-state index in [1.165, 1.54) is 0 Å². The van der Waals surface area contributed by atoms with Crippen LogP contribution in [0, 0.1) is 6.92 Å². The number of nitrogens with one attached hydrogen (secondary N) is 1. The summed E-state index contributed by atoms with van der Waals surface area (Å²) in [4.78, 5) is 0.432. The van der Waals surface area contributed by atoms with Gasteiger partial charge in [0.15, 0.2) is 0 Å². The van der Waals surface area contributed by atoms with Crippen LogP contribution in [0.25, 0.3) is 0 Å². The van der Waals surface area contributed by atoms with Gasteiger partial charge < -0.3 is 5.32 Å². The molecule has 0 saturated carbocycles. The van der Waals surface area contributed by atoms with E-state index in [1.54, 1.807) is 30.3 Å². The summed E-state index contributed by atoms with van der Waals surface area (Å²) in [5.41, 5.74) is 2.00. The molecular formula is C16H17NO2S. The molecule has 2 aromatic carbocycles. The second-order valence-electron chi connectivity index (χ2n) is 4.58. The lowest BCUT2D eigenvalue weighted by molar-refractivity contribution is 0.601. The zero-order valence-corrected chi connectivity index (χ0v) is 12.2. The molecule has 0 fully saturated rings. The molecule has 0 bridgehead atoms. The molecular weight excluding hydrogens is 270 g/mol. The highest BCUT2D eigenvalue weighted by Gasteiger charge is 2.17. The van der Waals surface area contributed by atoms with Crippen LogP contribution in [0.5, 0.6) is 0 Å². The van der Waals surface area contributed by atoms with Gasteiger partial charge in [-0.2, -0.15) is 0 Å². The largest absolute Gasteiger partial charge is 0.380 e. The van der Waals surface area contributed by atoms with Crippen molar-refractivity contribution in [3.8, 4) is 0 Å². The standard InChI is InChI=1S/C16H17NO2S/c1-13-7-6-8-15(11-13)17-12-14(2)20(18,19)16-9-4-3-5-10-16/h3-11,17H,2,12H2,1H3. The molecule has 2 aromatic rings. The monoisotopic (exact) mass is 287 g/mol. The van der Waals surface area contributed by atoms with Crippen LogP contribution in [0.3, 0.4) is 0 Å². The molecule has 0 atom stereocenters. The van der Waals surface area contributed by atoms with Gasteiger partial charge in [-0.3, -0.25) is 0 Å². The van der Waals surface area contributed by atoms with E-state index >= 15 is 0 Å². The molecule has 1 N–H and O–H groups in total. The van der Waals surface area contributed by atoms with Crippen molar-refractivity contribution in [2.24, 2.45) is 0 Å². The van der Waals surface area contributed by atoms with Crippen molar-refractivity contribution in [3.63, 3.8) is 0 Å². The molecule has 0 aliphatic heterocycles. The molecule has 0 saturated heterocycles. The van der Waals surface area contributed by atoms with Crippen LogP contribution in [-0.2, 0) is 9.84 Å². The Balaban J connectivity index is 2.09. The molecule has 0 aliphatic rings. The van der Waals surface area contributed by atoms with Gasteiger partial charge in [-0.05, 0) is 36.8 Å². The summed E-state index contributed by atoms with van der Waals surface area (Å²) in [5, 5.41) is 3.08. The lowest BCUT2D eigenvalue weighted by atomic mass is 10.2. The van der Waals surface area contributed by atoms with Crippen molar-refractivity contribution < 1.29 is 8.42 Å². The van der Waals surface area contributed by atoms with Gasteiger partial charge in [-0.1, -0.05) is 36.9 Å². The van der Waals surface area contributed by atoms with Gasteiger partial charge in [0, 0.05) is 5.69 Å². The van der Waals surface area contributed by atoms with Gasteiger partial charge in [0.25, 0.3) is 0 Å². The maximum atomic E-state index is 12.3. The first kappa shape index (κ1) is 14.3. The minimum absolute atomic E-state index is 0.158. The molecule has 3 nitrogen and oxygen atoms in total. The number of aryl methyl sites for hydroxylation is 1. The number of rotatable bonds is 5. The fourth-order valence-electron chi connectivity index (χ4n) is 1.82. The first-order valence-corrected chi connectivity index (χ1v) is 7.77. The van der Waals surface area contributed by atoms with Crippen molar-refractivity contribution >= 4 is 15.5 Å². The summed E-state index contributed by atoms with van der Waals surface area (Å²) in [7, 11) is -3.48. The fourth-order valence-corrected chi connectivity index (χ4v) is 2.93. The van der Waals surface area contributed by atoms with Crippen molar-refractivity contribution in [3.05, 3.63) is 71.6 Å². The second kappa shape index (κ2) is 5.92. The molecule has 4 heteroatoms. The van der Waals surface area contributed by atoms with E-state index in [9.17, 15) is 8.42 Å². The Morgan fingerprint density at radius 1 is 1.10 bits per heavy atom. The van der Waals surface area contributed by atoms with Crippen LogP contribution < -0.4 is 5.32 Å². The smallest absolute Gasteiger partial charge is 0.203 e. The third-order valence-corrected chi connectivity index (χ3v) is 4.74. The molecule has 0 amide bonds. The molecule has 2 rings (SSSR count). The average Bonchev–Trinajstić information content (AvgIpc) is 2.45. The van der Waals surface area contributed by atoms with Crippen molar-refractivity contribution in [1.82, 2.24) is 0 Å². The van der Waals surface area contributed by atoms with Gasteiger partial charge in [0.2, 0.25) is 9.84 Å². The molecule has 0 unspecified atom stereocenters. The zero-order chi connectivity index (χ0) is 14.6. The molecule has 0 aliphatic carbocycles. The van der Waals surface area contributed by atoms with Crippen LogP contribution in [0.15, 0.2) is 71.0 Å². The van der Waals surface area contributed by atoms with E-state index in [0.29, 0.717) is 0 Å². The van der Waals surface area contributed by atoms with Crippen LogP contribution >= 0.6 is 0 Å². The normalized spacial score (nSPS) is 11.1. The number of sulfone groups is 1. The van der Waals surface area contributed by atoms with Gasteiger partial charge in [-0.25, -0.2) is 8.42 Å². The highest BCUT2D eigenvalue weighted by Crippen LogP contribution is 2.18. The van der Waals surface area contributed by atoms with E-state index in [4.69, 9.17) is 0 Å². The lowest BCUT2D eigenvalue weighted by Gasteiger charge is -2.10. The van der Waals surface area contributed by atoms with Crippen LogP contribution in [0.4, 0.5) is 5.69 Å². The Morgan fingerprint density at radius 3 is 2.45 bits per heavy atom. The summed E-state index contributed by atoms with van der Waals surface area (Å²) in [6.45, 7) is 5.87. The zero-order valence-electron chi connectivity index (χ0n) is 11.3. The van der Waals surface area contributed by atoms with Gasteiger partial charge in [0.1, 0.15) is 0 Å². The Bertz CT molecular complexity index is 706. The van der Waals surface area contributed by atoms with Crippen molar-refractivity contribution in [1.29, 1.82) is 0 Å². The van der Waals surface area contributed by atoms with Gasteiger partial charge >= 0.3 is 0 Å². The van der Waals surface area contributed by atoms with Crippen LogP contribution in [-0.4, -0.2) is 15.0 Å². The van der Waals surface area contributed by atoms with Crippen LogP contribution in [0.2, 0.25) is 0 Å². The second-order valence-corrected chi connectivity index (χ2v) is 6.63. The summed E-state index contributed by atoms with van der Waals surface area (Å²) in [5.74, 6) is 0. The van der Waals surface area contributed by atoms with E-state index in [2.05, 4.69) is 11.9 Å². The molecule has 0 radical (unpaired) electrons. The quantitative estimate of drug-likeness (QED) is 0.917. The molecule has 104 valence electrons. The van der Waals surface area contributed by atoms with Crippen molar-refractivity contribution in [2.75, 3.05) is 11.9 Å². The van der Waals surface area contributed by atoms with Crippen LogP contribution in [0.1, 0.15) is 5.56 Å². The Morgan fingerprint density at radius 2 is 1.80 bits per heavy atom. The maximum Gasteiger partial charge on any atom is 0.203 e. The molecule has 0 heterocycles. The summed E-state index contributed by atoms with van der Waals surface area (Å²) >= 11 is 0. The molecule has 20 heavy (non-hydrogen) atoms. The van der Waals surface area contributed by atoms with E-state index in [1.807, 2.05) is 31.2 Å². The highest BCUT2D eigenvalue weighted by atomic mass is 32.2. The van der Waals surface area contributed by atoms with Crippen molar-refractivity contribution in [2.45, 2.75) is 11.8 Å². The number of anilines is 1. The Kier molecular flexibility index (Phi) is 4.25. The Labute approximate surface area is 119 Å². The summed E-state index contributed by atoms with van der Waals surface area (Å²) in [6, 6.07) is 16.1. The predicted molar refractivity (Wildman–Crippen MR) is 82.4 cm³/mol. The topological polar surface area (TPSA) is 46.2 Å². The third kappa shape index (κ3) is 3.27. The fraction of sp³-hybridized carbons (Fsp3) is 0.125. The summed E-state index contributed by atoms with van der Waals surface area (Å²) in [6.07, 6.45) is 0. The first-order chi connectivity index (χ1) is 9.50. The first-order valence-electron chi connectivity index (χ1n) is 6.28. The number of hydrogen-bond acceptors (Lipinski definition) is 3. The van der Waals surface area contributed by atoms with Gasteiger partial charge in [-0.15, -0.1) is 0 Å².